The zero-order valence-corrected chi connectivity index (χ0v) is 20.9. The standard InChI is InChI=1S/C30H27F3N2O3/c1-18(2)38-28-25(22(17-36)15-21-16-35-27-9-4-3-8-24(21)27)13-20(14-26(28)29(34)37)11-10-19-6-5-7-23(12-19)30(31,32)33/h3-9,12-14,16,18,22,35-36H,15,17H2,1-2H3,(H2,34,37)/t22-/m0/s1. The molecule has 5 nitrogen and oxygen atoms in total. The molecule has 1 amide bonds. The van der Waals surface area contributed by atoms with Gasteiger partial charge in [0.1, 0.15) is 5.75 Å². The molecule has 38 heavy (non-hydrogen) atoms. The molecule has 0 saturated heterocycles. The topological polar surface area (TPSA) is 88.3 Å². The number of H-pyrrole nitrogens is 1. The number of aliphatic hydroxyl groups is 1. The Morgan fingerprint density at radius 1 is 1.05 bits per heavy atom. The average Bonchev–Trinajstić information content (AvgIpc) is 3.28. The van der Waals surface area contributed by atoms with Crippen LogP contribution < -0.4 is 10.5 Å². The number of primary amides is 1. The molecule has 0 spiro atoms. The summed E-state index contributed by atoms with van der Waals surface area (Å²) in [5.41, 5.74) is 7.97. The second-order valence-corrected chi connectivity index (χ2v) is 9.24. The maximum atomic E-state index is 13.1. The molecular weight excluding hydrogens is 493 g/mol. The summed E-state index contributed by atoms with van der Waals surface area (Å²) in [6, 6.07) is 15.6. The van der Waals surface area contributed by atoms with Gasteiger partial charge in [0.05, 0.1) is 23.8 Å². The molecule has 4 N–H and O–H groups in total. The van der Waals surface area contributed by atoms with E-state index in [4.69, 9.17) is 10.5 Å². The molecule has 1 heterocycles. The van der Waals surface area contributed by atoms with Crippen molar-refractivity contribution >= 4 is 16.8 Å². The number of rotatable bonds is 7. The number of amides is 1. The number of hydrogen-bond donors (Lipinski definition) is 3. The van der Waals surface area contributed by atoms with E-state index in [1.54, 1.807) is 6.07 Å². The van der Waals surface area contributed by atoms with Crippen LogP contribution in [0.25, 0.3) is 10.9 Å². The molecule has 1 atom stereocenters. The van der Waals surface area contributed by atoms with Gasteiger partial charge in [-0.1, -0.05) is 36.1 Å². The third-order valence-corrected chi connectivity index (χ3v) is 6.08. The summed E-state index contributed by atoms with van der Waals surface area (Å²) in [7, 11) is 0. The number of fused-ring (bicyclic) bond motifs is 1. The molecule has 0 aliphatic rings. The minimum atomic E-state index is -4.49. The number of nitrogens with two attached hydrogens (primary N) is 1. The monoisotopic (exact) mass is 520 g/mol. The van der Waals surface area contributed by atoms with Gasteiger partial charge < -0.3 is 20.6 Å². The summed E-state index contributed by atoms with van der Waals surface area (Å²) in [5, 5.41) is 11.4. The lowest BCUT2D eigenvalue weighted by Crippen LogP contribution is -2.19. The van der Waals surface area contributed by atoms with Crippen LogP contribution in [0.3, 0.4) is 0 Å². The van der Waals surface area contributed by atoms with Crippen molar-refractivity contribution in [2.75, 3.05) is 6.61 Å². The maximum absolute atomic E-state index is 13.1. The Kier molecular flexibility index (Phi) is 7.79. The summed E-state index contributed by atoms with van der Waals surface area (Å²) < 4.78 is 45.4. The van der Waals surface area contributed by atoms with Gasteiger partial charge in [0.15, 0.2) is 0 Å². The van der Waals surface area contributed by atoms with Gasteiger partial charge in [-0.05, 0) is 62.2 Å². The molecule has 196 valence electrons. The van der Waals surface area contributed by atoms with Gasteiger partial charge in [0.25, 0.3) is 5.91 Å². The highest BCUT2D eigenvalue weighted by molar-refractivity contribution is 5.96. The number of aromatic nitrogens is 1. The summed E-state index contributed by atoms with van der Waals surface area (Å²) in [5.74, 6) is 4.64. The Hall–Kier alpha value is -4.22. The number of aliphatic hydroxyl groups excluding tert-OH is 1. The second-order valence-electron chi connectivity index (χ2n) is 9.24. The highest BCUT2D eigenvalue weighted by atomic mass is 19.4. The van der Waals surface area contributed by atoms with E-state index >= 15 is 0 Å². The first-order valence-corrected chi connectivity index (χ1v) is 12.1. The van der Waals surface area contributed by atoms with E-state index in [0.717, 1.165) is 28.6 Å². The van der Waals surface area contributed by atoms with Gasteiger partial charge in [0, 0.05) is 39.7 Å². The molecule has 0 unspecified atom stereocenters. The Labute approximate surface area is 218 Å². The predicted molar refractivity (Wildman–Crippen MR) is 140 cm³/mol. The van der Waals surface area contributed by atoms with Crippen LogP contribution in [0.5, 0.6) is 5.75 Å². The van der Waals surface area contributed by atoms with Crippen molar-refractivity contribution < 1.29 is 27.8 Å². The van der Waals surface area contributed by atoms with Crippen molar-refractivity contribution in [1.29, 1.82) is 0 Å². The number of ether oxygens (including phenoxy) is 1. The number of hydrogen-bond acceptors (Lipinski definition) is 3. The van der Waals surface area contributed by atoms with Gasteiger partial charge in [-0.25, -0.2) is 0 Å². The quantitative estimate of drug-likeness (QED) is 0.270. The number of carbonyl (C=O) groups is 1. The lowest BCUT2D eigenvalue weighted by atomic mass is 9.88. The fraction of sp³-hybridized carbons (Fsp3) is 0.233. The Bertz CT molecular complexity index is 1530. The van der Waals surface area contributed by atoms with Crippen molar-refractivity contribution in [3.05, 3.63) is 100 Å². The number of halogens is 3. The number of nitrogens with one attached hydrogen (secondary N) is 1. The summed E-state index contributed by atoms with van der Waals surface area (Å²) in [6.07, 6.45) is -2.47. The molecule has 0 saturated carbocycles. The highest BCUT2D eigenvalue weighted by Crippen LogP contribution is 2.36. The van der Waals surface area contributed by atoms with Crippen LogP contribution in [0.1, 0.15) is 57.9 Å². The SMILES string of the molecule is CC(C)Oc1c(C(N)=O)cc(C#Cc2cccc(C(F)(F)F)c2)cc1[C@H](CO)Cc1c[nH]c2ccccc12. The van der Waals surface area contributed by atoms with Crippen LogP contribution in [0, 0.1) is 11.8 Å². The van der Waals surface area contributed by atoms with Crippen LogP contribution in [-0.4, -0.2) is 28.7 Å². The number of alkyl halides is 3. The minimum Gasteiger partial charge on any atom is -0.490 e. The van der Waals surface area contributed by atoms with Crippen molar-refractivity contribution in [2.24, 2.45) is 5.73 Å². The van der Waals surface area contributed by atoms with Crippen molar-refractivity contribution in [2.45, 2.75) is 38.5 Å². The van der Waals surface area contributed by atoms with E-state index in [2.05, 4.69) is 16.8 Å². The maximum Gasteiger partial charge on any atom is 0.416 e. The Balaban J connectivity index is 1.81. The van der Waals surface area contributed by atoms with E-state index in [1.165, 1.54) is 18.2 Å². The molecule has 0 aliphatic carbocycles. The van der Waals surface area contributed by atoms with Crippen molar-refractivity contribution in [3.8, 4) is 17.6 Å². The molecule has 0 bridgehead atoms. The zero-order valence-electron chi connectivity index (χ0n) is 20.9. The minimum absolute atomic E-state index is 0.0851. The predicted octanol–water partition coefficient (Wildman–Crippen LogP) is 5.79. The summed E-state index contributed by atoms with van der Waals surface area (Å²) >= 11 is 0. The number of benzene rings is 3. The van der Waals surface area contributed by atoms with Gasteiger partial charge in [0.2, 0.25) is 0 Å². The van der Waals surface area contributed by atoms with E-state index in [0.29, 0.717) is 17.5 Å². The lowest BCUT2D eigenvalue weighted by Gasteiger charge is -2.23. The van der Waals surface area contributed by atoms with E-state index in [1.807, 2.05) is 44.3 Å². The molecule has 0 fully saturated rings. The fourth-order valence-corrected chi connectivity index (χ4v) is 4.33. The van der Waals surface area contributed by atoms with E-state index in [9.17, 15) is 23.1 Å². The van der Waals surface area contributed by atoms with E-state index < -0.39 is 23.6 Å². The van der Waals surface area contributed by atoms with E-state index in [-0.39, 0.29) is 29.6 Å². The third-order valence-electron chi connectivity index (χ3n) is 6.08. The normalized spacial score (nSPS) is 12.3. The third kappa shape index (κ3) is 6.01. The van der Waals surface area contributed by atoms with Crippen molar-refractivity contribution in [1.82, 2.24) is 4.98 Å². The van der Waals surface area contributed by atoms with Crippen LogP contribution in [0.15, 0.2) is 66.9 Å². The van der Waals surface area contributed by atoms with Crippen molar-refractivity contribution in [3.63, 3.8) is 0 Å². The largest absolute Gasteiger partial charge is 0.490 e. The molecule has 0 aliphatic heterocycles. The average molecular weight is 521 g/mol. The van der Waals surface area contributed by atoms with Crippen LogP contribution in [-0.2, 0) is 12.6 Å². The molecule has 1 aromatic heterocycles. The smallest absolute Gasteiger partial charge is 0.416 e. The lowest BCUT2D eigenvalue weighted by molar-refractivity contribution is -0.137. The number of aromatic amines is 1. The van der Waals surface area contributed by atoms with Gasteiger partial charge in [-0.15, -0.1) is 0 Å². The zero-order chi connectivity index (χ0) is 27.4. The van der Waals surface area contributed by atoms with Gasteiger partial charge in [-0.2, -0.15) is 13.2 Å². The van der Waals surface area contributed by atoms with Crippen LogP contribution in [0.4, 0.5) is 13.2 Å². The molecule has 4 rings (SSSR count). The molecule has 4 aromatic rings. The first-order chi connectivity index (χ1) is 18.1. The molecule has 0 radical (unpaired) electrons. The summed E-state index contributed by atoms with van der Waals surface area (Å²) in [4.78, 5) is 15.7. The fourth-order valence-electron chi connectivity index (χ4n) is 4.33. The second kappa shape index (κ2) is 11.0. The molecule has 3 aromatic carbocycles. The Morgan fingerprint density at radius 2 is 1.79 bits per heavy atom. The van der Waals surface area contributed by atoms with Crippen LogP contribution >= 0.6 is 0 Å². The number of para-hydroxylation sites is 1. The number of carbonyl (C=O) groups excluding carboxylic acids is 1. The molecular formula is C30H27F3N2O3. The van der Waals surface area contributed by atoms with Crippen LogP contribution in [0.2, 0.25) is 0 Å². The van der Waals surface area contributed by atoms with Gasteiger partial charge >= 0.3 is 6.18 Å². The summed E-state index contributed by atoms with van der Waals surface area (Å²) in [6.45, 7) is 3.36. The molecule has 8 heteroatoms. The highest BCUT2D eigenvalue weighted by Gasteiger charge is 2.30. The Morgan fingerprint density at radius 3 is 2.47 bits per heavy atom. The first-order valence-electron chi connectivity index (χ1n) is 12.1. The van der Waals surface area contributed by atoms with Gasteiger partial charge in [-0.3, -0.25) is 4.79 Å². The first kappa shape index (κ1) is 26.8.